The minimum Gasteiger partial charge on any atom is -0.466 e. The number of esters is 1. The van der Waals surface area contributed by atoms with Crippen LogP contribution in [0.2, 0.25) is 0 Å². The van der Waals surface area contributed by atoms with Crippen LogP contribution < -0.4 is 0 Å². The van der Waals surface area contributed by atoms with Crippen LogP contribution in [-0.4, -0.2) is 26.3 Å². The normalized spacial score (nSPS) is 14.6. The van der Waals surface area contributed by atoms with Crippen LogP contribution in [0.3, 0.4) is 0 Å². The SMILES string of the molecule is C1CCOC1.C=CC(=O)OC. The number of carbonyl (C=O) groups excluding carboxylic acids is 1. The van der Waals surface area contributed by atoms with E-state index in [9.17, 15) is 4.79 Å². The Hall–Kier alpha value is -0.830. The summed E-state index contributed by atoms with van der Waals surface area (Å²) in [4.78, 5) is 9.84. The number of methoxy groups -OCH3 is 1. The highest BCUT2D eigenvalue weighted by Crippen LogP contribution is 1.98. The fourth-order valence-corrected chi connectivity index (χ4v) is 0.594. The van der Waals surface area contributed by atoms with Crippen molar-refractivity contribution in [3.05, 3.63) is 12.7 Å². The first-order valence-electron chi connectivity index (χ1n) is 3.59. The van der Waals surface area contributed by atoms with E-state index in [0.29, 0.717) is 0 Å². The van der Waals surface area contributed by atoms with E-state index in [-0.39, 0.29) is 0 Å². The van der Waals surface area contributed by atoms with E-state index in [1.54, 1.807) is 0 Å². The Bertz CT molecular complexity index is 109. The molecule has 0 saturated carbocycles. The Morgan fingerprint density at radius 3 is 2.18 bits per heavy atom. The molecule has 0 bridgehead atoms. The summed E-state index contributed by atoms with van der Waals surface area (Å²) < 4.78 is 9.09. The van der Waals surface area contributed by atoms with Gasteiger partial charge in [0.2, 0.25) is 0 Å². The summed E-state index contributed by atoms with van der Waals surface area (Å²) in [5.41, 5.74) is 0. The second-order valence-corrected chi connectivity index (χ2v) is 2.05. The van der Waals surface area contributed by atoms with Gasteiger partial charge in [0.05, 0.1) is 7.11 Å². The molecule has 0 unspecified atom stereocenters. The maximum Gasteiger partial charge on any atom is 0.329 e. The van der Waals surface area contributed by atoms with Crippen LogP contribution in [0, 0.1) is 0 Å². The molecule has 1 rings (SSSR count). The van der Waals surface area contributed by atoms with Gasteiger partial charge in [-0.15, -0.1) is 0 Å². The Morgan fingerprint density at radius 2 is 2.09 bits per heavy atom. The van der Waals surface area contributed by atoms with Gasteiger partial charge >= 0.3 is 5.97 Å². The van der Waals surface area contributed by atoms with Gasteiger partial charge in [0.25, 0.3) is 0 Å². The summed E-state index contributed by atoms with van der Waals surface area (Å²) in [5.74, 6) is -0.394. The van der Waals surface area contributed by atoms with Crippen molar-refractivity contribution in [3.8, 4) is 0 Å². The van der Waals surface area contributed by atoms with Gasteiger partial charge in [-0.25, -0.2) is 4.79 Å². The first-order chi connectivity index (χ1) is 5.31. The van der Waals surface area contributed by atoms with Gasteiger partial charge in [-0.3, -0.25) is 0 Å². The maximum atomic E-state index is 9.84. The van der Waals surface area contributed by atoms with Gasteiger partial charge in [-0.2, -0.15) is 0 Å². The smallest absolute Gasteiger partial charge is 0.329 e. The molecule has 1 aliphatic heterocycles. The largest absolute Gasteiger partial charge is 0.466 e. The molecule has 0 aromatic carbocycles. The van der Waals surface area contributed by atoms with Crippen molar-refractivity contribution in [2.45, 2.75) is 12.8 Å². The molecule has 0 atom stereocenters. The zero-order valence-corrected chi connectivity index (χ0v) is 6.84. The van der Waals surface area contributed by atoms with Crippen molar-refractivity contribution in [3.63, 3.8) is 0 Å². The van der Waals surface area contributed by atoms with Crippen LogP contribution in [0.15, 0.2) is 12.7 Å². The van der Waals surface area contributed by atoms with E-state index >= 15 is 0 Å². The van der Waals surface area contributed by atoms with Crippen molar-refractivity contribution in [1.29, 1.82) is 0 Å². The molecular weight excluding hydrogens is 144 g/mol. The summed E-state index contributed by atoms with van der Waals surface area (Å²) >= 11 is 0. The third-order valence-corrected chi connectivity index (χ3v) is 1.20. The molecule has 0 aliphatic carbocycles. The standard InChI is InChI=1S/C4H6O2.C4H8O/c1-3-4(5)6-2;1-2-4-5-3-1/h3H,1H2,2H3;1-4H2. The van der Waals surface area contributed by atoms with Crippen LogP contribution in [-0.2, 0) is 14.3 Å². The van der Waals surface area contributed by atoms with Crippen LogP contribution in [0.4, 0.5) is 0 Å². The average Bonchev–Trinajstić information content (AvgIpc) is 2.60. The van der Waals surface area contributed by atoms with Crippen LogP contribution in [0.25, 0.3) is 0 Å². The summed E-state index contributed by atoms with van der Waals surface area (Å²) in [6.07, 6.45) is 3.67. The van der Waals surface area contributed by atoms with E-state index in [2.05, 4.69) is 11.3 Å². The fraction of sp³-hybridized carbons (Fsp3) is 0.625. The van der Waals surface area contributed by atoms with E-state index in [0.717, 1.165) is 19.3 Å². The molecule has 1 aliphatic rings. The molecule has 1 saturated heterocycles. The number of carbonyl (C=O) groups is 1. The number of hydrogen-bond donors (Lipinski definition) is 0. The summed E-state index contributed by atoms with van der Waals surface area (Å²) in [5, 5.41) is 0. The molecule has 0 aromatic rings. The van der Waals surface area contributed by atoms with Gasteiger partial charge in [-0.05, 0) is 12.8 Å². The lowest BCUT2D eigenvalue weighted by molar-refractivity contribution is -0.134. The van der Waals surface area contributed by atoms with Crippen molar-refractivity contribution in [1.82, 2.24) is 0 Å². The van der Waals surface area contributed by atoms with Gasteiger partial charge in [-0.1, -0.05) is 6.58 Å². The van der Waals surface area contributed by atoms with Crippen LogP contribution in [0.5, 0.6) is 0 Å². The Kier molecular flexibility index (Phi) is 6.73. The summed E-state index contributed by atoms with van der Waals surface area (Å²) in [7, 11) is 1.31. The Balaban J connectivity index is 0.000000183. The lowest BCUT2D eigenvalue weighted by atomic mass is 10.4. The van der Waals surface area contributed by atoms with Gasteiger partial charge in [0.1, 0.15) is 0 Å². The second-order valence-electron chi connectivity index (χ2n) is 2.05. The van der Waals surface area contributed by atoms with Crippen molar-refractivity contribution < 1.29 is 14.3 Å². The van der Waals surface area contributed by atoms with Gasteiger partial charge < -0.3 is 9.47 Å². The Labute approximate surface area is 67.0 Å². The molecule has 3 heteroatoms. The number of ether oxygens (including phenoxy) is 2. The third kappa shape index (κ3) is 7.06. The summed E-state index contributed by atoms with van der Waals surface area (Å²) in [6.45, 7) is 5.16. The first-order valence-corrected chi connectivity index (χ1v) is 3.59. The average molecular weight is 158 g/mol. The highest BCUT2D eigenvalue weighted by Gasteiger charge is 1.94. The first kappa shape index (κ1) is 10.2. The molecule has 1 fully saturated rings. The highest BCUT2D eigenvalue weighted by molar-refractivity contribution is 5.80. The third-order valence-electron chi connectivity index (χ3n) is 1.20. The molecule has 11 heavy (non-hydrogen) atoms. The lowest BCUT2D eigenvalue weighted by Crippen LogP contribution is -1.91. The number of hydrogen-bond acceptors (Lipinski definition) is 3. The maximum absolute atomic E-state index is 9.84. The molecule has 0 N–H and O–H groups in total. The van der Waals surface area contributed by atoms with Crippen molar-refractivity contribution in [2.75, 3.05) is 20.3 Å². The molecule has 0 radical (unpaired) electrons. The molecule has 0 aromatic heterocycles. The predicted octanol–water partition coefficient (Wildman–Crippen LogP) is 1.14. The molecule has 1 heterocycles. The fourth-order valence-electron chi connectivity index (χ4n) is 0.594. The quantitative estimate of drug-likeness (QED) is 0.424. The van der Waals surface area contributed by atoms with Gasteiger partial charge in [0.15, 0.2) is 0 Å². The van der Waals surface area contributed by atoms with Crippen molar-refractivity contribution >= 4 is 5.97 Å². The predicted molar refractivity (Wildman–Crippen MR) is 42.3 cm³/mol. The second kappa shape index (κ2) is 7.28. The lowest BCUT2D eigenvalue weighted by Gasteiger charge is -1.83. The van der Waals surface area contributed by atoms with Crippen molar-refractivity contribution in [2.24, 2.45) is 0 Å². The molecule has 3 nitrogen and oxygen atoms in total. The minimum absolute atomic E-state index is 0.394. The Morgan fingerprint density at radius 1 is 1.55 bits per heavy atom. The highest BCUT2D eigenvalue weighted by atomic mass is 16.5. The van der Waals surface area contributed by atoms with E-state index in [1.807, 2.05) is 0 Å². The molecule has 0 amide bonds. The van der Waals surface area contributed by atoms with Crippen LogP contribution >= 0.6 is 0 Å². The zero-order chi connectivity index (χ0) is 8.53. The molecule has 64 valence electrons. The van der Waals surface area contributed by atoms with Crippen LogP contribution in [0.1, 0.15) is 12.8 Å². The number of rotatable bonds is 1. The van der Waals surface area contributed by atoms with E-state index in [1.165, 1.54) is 20.0 Å². The zero-order valence-electron chi connectivity index (χ0n) is 6.84. The molecule has 0 spiro atoms. The topological polar surface area (TPSA) is 35.5 Å². The summed E-state index contributed by atoms with van der Waals surface area (Å²) in [6, 6.07) is 0. The minimum atomic E-state index is -0.394. The van der Waals surface area contributed by atoms with E-state index in [4.69, 9.17) is 4.74 Å². The monoisotopic (exact) mass is 158 g/mol. The van der Waals surface area contributed by atoms with Gasteiger partial charge in [0, 0.05) is 19.3 Å². The molecular formula is C8H14O3. The van der Waals surface area contributed by atoms with E-state index < -0.39 is 5.97 Å².